The van der Waals surface area contributed by atoms with Crippen molar-refractivity contribution in [2.24, 2.45) is 11.8 Å². The molecule has 2 amide bonds. The van der Waals surface area contributed by atoms with E-state index in [1.165, 1.54) is 0 Å². The maximum atomic E-state index is 14.5. The number of rotatable bonds is 5. The van der Waals surface area contributed by atoms with E-state index in [4.69, 9.17) is 4.74 Å². The monoisotopic (exact) mass is 480 g/mol. The summed E-state index contributed by atoms with van der Waals surface area (Å²) in [6, 6.07) is 28.1. The van der Waals surface area contributed by atoms with Crippen LogP contribution in [0.2, 0.25) is 0 Å². The number of hydrogen-bond donors (Lipinski definition) is 0. The van der Waals surface area contributed by atoms with Crippen LogP contribution in [-0.4, -0.2) is 34.4 Å². The van der Waals surface area contributed by atoms with Gasteiger partial charge in [-0.3, -0.25) is 9.59 Å². The highest BCUT2D eigenvalue weighted by atomic mass is 16.5. The van der Waals surface area contributed by atoms with Gasteiger partial charge in [0.25, 0.3) is 0 Å². The summed E-state index contributed by atoms with van der Waals surface area (Å²) in [6.45, 7) is 0.922. The van der Waals surface area contributed by atoms with Crippen LogP contribution in [0.4, 0.5) is 0 Å². The van der Waals surface area contributed by atoms with Gasteiger partial charge in [-0.25, -0.2) is 0 Å². The van der Waals surface area contributed by atoms with Crippen molar-refractivity contribution in [1.82, 2.24) is 9.80 Å². The molecule has 1 aliphatic carbocycles. The van der Waals surface area contributed by atoms with Crippen LogP contribution in [0, 0.1) is 11.8 Å². The van der Waals surface area contributed by atoms with Crippen molar-refractivity contribution in [2.75, 3.05) is 7.05 Å². The van der Waals surface area contributed by atoms with E-state index in [9.17, 15) is 9.59 Å². The third-order valence-electron chi connectivity index (χ3n) is 8.41. The van der Waals surface area contributed by atoms with E-state index >= 15 is 0 Å². The van der Waals surface area contributed by atoms with Gasteiger partial charge in [0.1, 0.15) is 11.7 Å². The first kappa shape index (κ1) is 22.8. The Morgan fingerprint density at radius 1 is 0.917 bits per heavy atom. The molecule has 2 aliphatic heterocycles. The van der Waals surface area contributed by atoms with E-state index in [-0.39, 0.29) is 23.7 Å². The summed E-state index contributed by atoms with van der Waals surface area (Å²) in [7, 11) is 1.84. The molecule has 5 heteroatoms. The van der Waals surface area contributed by atoms with E-state index in [1.807, 2.05) is 90.8 Å². The van der Waals surface area contributed by atoms with Gasteiger partial charge in [-0.2, -0.15) is 0 Å². The van der Waals surface area contributed by atoms with E-state index in [0.717, 1.165) is 48.1 Å². The molecule has 1 saturated carbocycles. The topological polar surface area (TPSA) is 49.9 Å². The zero-order valence-corrected chi connectivity index (χ0v) is 20.7. The van der Waals surface area contributed by atoms with Crippen molar-refractivity contribution in [2.45, 2.75) is 50.4 Å². The van der Waals surface area contributed by atoms with Gasteiger partial charge in [0.15, 0.2) is 5.72 Å². The number of piperidine rings is 1. The van der Waals surface area contributed by atoms with E-state index in [0.29, 0.717) is 13.1 Å². The zero-order chi connectivity index (χ0) is 24.7. The molecule has 5 nitrogen and oxygen atoms in total. The van der Waals surface area contributed by atoms with Crippen molar-refractivity contribution in [3.8, 4) is 5.75 Å². The number of ether oxygens (including phenoxy) is 1. The minimum absolute atomic E-state index is 0.0968. The Balaban J connectivity index is 1.43. The molecule has 3 aliphatic rings. The van der Waals surface area contributed by atoms with Crippen LogP contribution in [0.5, 0.6) is 5.75 Å². The maximum Gasteiger partial charge on any atom is 0.238 e. The van der Waals surface area contributed by atoms with Crippen LogP contribution in [0.15, 0.2) is 84.9 Å². The molecule has 6 rings (SSSR count). The number of carbonyl (C=O) groups is 2. The van der Waals surface area contributed by atoms with Crippen LogP contribution < -0.4 is 4.74 Å². The molecule has 2 fully saturated rings. The van der Waals surface area contributed by atoms with Gasteiger partial charge < -0.3 is 14.5 Å². The molecule has 3 aromatic rings. The van der Waals surface area contributed by atoms with Gasteiger partial charge in [0.2, 0.25) is 11.8 Å². The predicted molar refractivity (Wildman–Crippen MR) is 138 cm³/mol. The van der Waals surface area contributed by atoms with Crippen LogP contribution in [0.25, 0.3) is 0 Å². The number of hydrogen-bond acceptors (Lipinski definition) is 3. The Morgan fingerprint density at radius 3 is 2.19 bits per heavy atom. The fraction of sp³-hybridized carbons (Fsp3) is 0.355. The fourth-order valence-corrected chi connectivity index (χ4v) is 6.72. The Kier molecular flexibility index (Phi) is 5.79. The largest absolute Gasteiger partial charge is 0.467 e. The second kappa shape index (κ2) is 9.12. The molecule has 0 radical (unpaired) electrons. The van der Waals surface area contributed by atoms with E-state index < -0.39 is 11.6 Å². The molecular formula is C31H32N2O3. The molecule has 1 saturated heterocycles. The molecular weight excluding hydrogens is 448 g/mol. The number of carbonyl (C=O) groups excluding carboxylic acids is 2. The lowest BCUT2D eigenvalue weighted by atomic mass is 9.61. The van der Waals surface area contributed by atoms with Gasteiger partial charge in [-0.1, -0.05) is 85.3 Å². The van der Waals surface area contributed by atoms with Crippen molar-refractivity contribution < 1.29 is 14.3 Å². The van der Waals surface area contributed by atoms with Crippen molar-refractivity contribution in [3.63, 3.8) is 0 Å². The minimum atomic E-state index is -0.760. The van der Waals surface area contributed by atoms with Crippen molar-refractivity contribution in [1.29, 1.82) is 0 Å². The number of amides is 2. The SMILES string of the molecule is CN1C(=O)[C@H](C(=O)N(Cc2ccccc2)Cc2ccccc2)[C@@H]2c3ccccc3O[C@]13CCCC[C@H]23. The lowest BCUT2D eigenvalue weighted by molar-refractivity contribution is -0.203. The number of benzene rings is 3. The second-order valence-corrected chi connectivity index (χ2v) is 10.4. The highest BCUT2D eigenvalue weighted by Gasteiger charge is 2.63. The third kappa shape index (κ3) is 3.69. The lowest BCUT2D eigenvalue weighted by Gasteiger charge is -2.60. The van der Waals surface area contributed by atoms with Crippen LogP contribution >= 0.6 is 0 Å². The maximum absolute atomic E-state index is 14.5. The first-order chi connectivity index (χ1) is 17.6. The van der Waals surface area contributed by atoms with Crippen LogP contribution in [0.3, 0.4) is 0 Å². The molecule has 0 unspecified atom stereocenters. The number of fused-ring (bicyclic) bond motifs is 2. The molecule has 36 heavy (non-hydrogen) atoms. The summed E-state index contributed by atoms with van der Waals surface area (Å²) in [6.07, 6.45) is 3.88. The number of para-hydroxylation sites is 1. The van der Waals surface area contributed by atoms with Gasteiger partial charge in [-0.15, -0.1) is 0 Å². The lowest BCUT2D eigenvalue weighted by Crippen LogP contribution is -2.70. The molecule has 0 aromatic heterocycles. The standard InChI is InChI=1S/C31H32N2O3/c1-32-29(34)28(27-24-16-8-9-18-26(24)36-31(32)19-11-10-17-25(27)31)30(35)33(20-22-12-4-2-5-13-22)21-23-14-6-3-7-15-23/h2-9,12-16,18,25,27-28H,10-11,17,19-21H2,1H3/t25-,27-,28-,31+/m1/s1. The van der Waals surface area contributed by atoms with E-state index in [2.05, 4.69) is 6.07 Å². The quantitative estimate of drug-likeness (QED) is 0.462. The molecule has 3 aromatic carbocycles. The number of nitrogens with zero attached hydrogens (tertiary/aromatic N) is 2. The Labute approximate surface area is 212 Å². The molecule has 0 N–H and O–H groups in total. The summed E-state index contributed by atoms with van der Waals surface area (Å²) in [5.74, 6) is -0.239. The van der Waals surface area contributed by atoms with Gasteiger partial charge >= 0.3 is 0 Å². The molecule has 2 heterocycles. The molecule has 4 atom stereocenters. The smallest absolute Gasteiger partial charge is 0.238 e. The fourth-order valence-electron chi connectivity index (χ4n) is 6.72. The minimum Gasteiger partial charge on any atom is -0.467 e. The summed E-state index contributed by atoms with van der Waals surface area (Å²) < 4.78 is 6.64. The average Bonchev–Trinajstić information content (AvgIpc) is 2.92. The predicted octanol–water partition coefficient (Wildman–Crippen LogP) is 5.37. The summed E-state index contributed by atoms with van der Waals surface area (Å²) in [4.78, 5) is 32.2. The summed E-state index contributed by atoms with van der Waals surface area (Å²) >= 11 is 0. The Hall–Kier alpha value is -3.60. The third-order valence-corrected chi connectivity index (χ3v) is 8.41. The van der Waals surface area contributed by atoms with Gasteiger partial charge in [0, 0.05) is 38.4 Å². The van der Waals surface area contributed by atoms with Crippen molar-refractivity contribution in [3.05, 3.63) is 102 Å². The molecule has 2 bridgehead atoms. The van der Waals surface area contributed by atoms with Crippen molar-refractivity contribution >= 4 is 11.8 Å². The van der Waals surface area contributed by atoms with Crippen LogP contribution in [-0.2, 0) is 22.7 Å². The first-order valence-electron chi connectivity index (χ1n) is 13.0. The normalized spacial score (nSPS) is 26.4. The summed E-state index contributed by atoms with van der Waals surface area (Å²) in [5.41, 5.74) is 2.45. The van der Waals surface area contributed by atoms with Gasteiger partial charge in [-0.05, 0) is 35.6 Å². The highest BCUT2D eigenvalue weighted by Crippen LogP contribution is 2.58. The highest BCUT2D eigenvalue weighted by molar-refractivity contribution is 6.02. The molecule has 184 valence electrons. The Bertz CT molecular complexity index is 1220. The van der Waals surface area contributed by atoms with Gasteiger partial charge in [0.05, 0.1) is 0 Å². The molecule has 0 spiro atoms. The van der Waals surface area contributed by atoms with Crippen LogP contribution in [0.1, 0.15) is 48.3 Å². The second-order valence-electron chi connectivity index (χ2n) is 10.4. The Morgan fingerprint density at radius 2 is 1.53 bits per heavy atom. The van der Waals surface area contributed by atoms with E-state index in [1.54, 1.807) is 4.90 Å². The summed E-state index contributed by atoms with van der Waals surface area (Å²) in [5, 5.41) is 0. The first-order valence-corrected chi connectivity index (χ1v) is 13.0. The zero-order valence-electron chi connectivity index (χ0n) is 20.7. The number of likely N-dealkylation sites (tertiary alicyclic amines) is 1. The average molecular weight is 481 g/mol.